The summed E-state index contributed by atoms with van der Waals surface area (Å²) in [5, 5.41) is 0. The first-order valence-electron chi connectivity index (χ1n) is 5.76. The lowest BCUT2D eigenvalue weighted by atomic mass is 10.3. The monoisotopic (exact) mass is 249 g/mol. The summed E-state index contributed by atoms with van der Waals surface area (Å²) >= 11 is 0. The van der Waals surface area contributed by atoms with Gasteiger partial charge in [0.05, 0.1) is 6.61 Å². The van der Waals surface area contributed by atoms with E-state index in [0.29, 0.717) is 13.2 Å². The van der Waals surface area contributed by atoms with Crippen molar-refractivity contribution >= 4 is 11.9 Å². The summed E-state index contributed by atoms with van der Waals surface area (Å²) in [4.78, 5) is 7.61. The molecule has 6 N–H and O–H groups in total. The SMILES string of the molecule is NC(N)=NC(N)=NCCCCOc1ccccc1. The molecule has 18 heavy (non-hydrogen) atoms. The highest BCUT2D eigenvalue weighted by Gasteiger charge is 1.93. The molecule has 6 nitrogen and oxygen atoms in total. The van der Waals surface area contributed by atoms with E-state index in [4.69, 9.17) is 21.9 Å². The molecule has 0 amide bonds. The smallest absolute Gasteiger partial charge is 0.218 e. The number of nitrogens with two attached hydrogens (primary N) is 3. The van der Waals surface area contributed by atoms with E-state index >= 15 is 0 Å². The lowest BCUT2D eigenvalue weighted by molar-refractivity contribution is 0.308. The van der Waals surface area contributed by atoms with Crippen LogP contribution in [0.3, 0.4) is 0 Å². The molecule has 0 saturated heterocycles. The zero-order chi connectivity index (χ0) is 13.2. The zero-order valence-electron chi connectivity index (χ0n) is 10.2. The Balaban J connectivity index is 2.11. The van der Waals surface area contributed by atoms with Crippen LogP contribution < -0.4 is 21.9 Å². The van der Waals surface area contributed by atoms with Crippen molar-refractivity contribution in [1.82, 2.24) is 0 Å². The van der Waals surface area contributed by atoms with E-state index in [-0.39, 0.29) is 11.9 Å². The number of hydrogen-bond donors (Lipinski definition) is 3. The molecule has 0 aliphatic carbocycles. The molecule has 1 aromatic rings. The van der Waals surface area contributed by atoms with Crippen LogP contribution in [0.25, 0.3) is 0 Å². The maximum Gasteiger partial charge on any atom is 0.218 e. The number of hydrogen-bond acceptors (Lipinski definition) is 2. The van der Waals surface area contributed by atoms with Gasteiger partial charge in [0.1, 0.15) is 5.75 Å². The van der Waals surface area contributed by atoms with Gasteiger partial charge in [-0.15, -0.1) is 0 Å². The van der Waals surface area contributed by atoms with Crippen molar-refractivity contribution in [1.29, 1.82) is 0 Å². The fourth-order valence-corrected chi connectivity index (χ4v) is 1.28. The van der Waals surface area contributed by atoms with Crippen molar-refractivity contribution in [2.45, 2.75) is 12.8 Å². The summed E-state index contributed by atoms with van der Waals surface area (Å²) in [6.07, 6.45) is 1.76. The molecule has 0 unspecified atom stereocenters. The molecule has 1 aromatic carbocycles. The van der Waals surface area contributed by atoms with Crippen LogP contribution in [0.5, 0.6) is 5.75 Å². The van der Waals surface area contributed by atoms with Crippen molar-refractivity contribution in [3.8, 4) is 5.75 Å². The van der Waals surface area contributed by atoms with Gasteiger partial charge in [0.2, 0.25) is 5.96 Å². The minimum Gasteiger partial charge on any atom is -0.494 e. The largest absolute Gasteiger partial charge is 0.494 e. The van der Waals surface area contributed by atoms with Crippen LogP contribution in [0.1, 0.15) is 12.8 Å². The fraction of sp³-hybridized carbons (Fsp3) is 0.333. The molecular weight excluding hydrogens is 230 g/mol. The van der Waals surface area contributed by atoms with Crippen LogP contribution in [0.2, 0.25) is 0 Å². The highest BCUT2D eigenvalue weighted by Crippen LogP contribution is 2.08. The molecule has 0 bridgehead atoms. The minimum absolute atomic E-state index is 0.0799. The molecule has 0 aromatic heterocycles. The first-order chi connectivity index (χ1) is 8.68. The number of benzene rings is 1. The highest BCUT2D eigenvalue weighted by molar-refractivity contribution is 5.92. The maximum atomic E-state index is 5.53. The average molecular weight is 249 g/mol. The maximum absolute atomic E-state index is 5.53. The third-order valence-electron chi connectivity index (χ3n) is 2.08. The van der Waals surface area contributed by atoms with Gasteiger partial charge in [-0.1, -0.05) is 18.2 Å². The quantitative estimate of drug-likeness (QED) is 0.385. The van der Waals surface area contributed by atoms with Crippen LogP contribution in [-0.4, -0.2) is 25.1 Å². The molecule has 0 fully saturated rings. The number of nitrogens with zero attached hydrogens (tertiary/aromatic N) is 2. The van der Waals surface area contributed by atoms with E-state index in [1.165, 1.54) is 0 Å². The molecular formula is C12H19N5O. The topological polar surface area (TPSA) is 112 Å². The molecule has 0 spiro atoms. The Labute approximate surface area is 107 Å². The third kappa shape index (κ3) is 6.37. The lowest BCUT2D eigenvalue weighted by Gasteiger charge is -2.04. The van der Waals surface area contributed by atoms with Crippen molar-refractivity contribution in [2.24, 2.45) is 27.2 Å². The lowest BCUT2D eigenvalue weighted by Crippen LogP contribution is -2.26. The molecule has 0 atom stereocenters. The van der Waals surface area contributed by atoms with Gasteiger partial charge in [-0.25, -0.2) is 0 Å². The Kier molecular flexibility index (Phi) is 6.10. The Bertz CT molecular complexity index is 398. The molecule has 6 heteroatoms. The number of guanidine groups is 2. The van der Waals surface area contributed by atoms with Gasteiger partial charge in [-0.2, -0.15) is 4.99 Å². The number of aliphatic imine (C=N–C) groups is 2. The Morgan fingerprint density at radius 1 is 1.06 bits per heavy atom. The standard InChI is InChI=1S/C12H19N5O/c13-11(14)17-12(15)16-8-4-5-9-18-10-6-2-1-3-7-10/h1-3,6-7H,4-5,8-9H2,(H6,13,14,15,16,17). The molecule has 1 rings (SSSR count). The molecule has 0 saturated carbocycles. The molecule has 0 aliphatic heterocycles. The van der Waals surface area contributed by atoms with Crippen LogP contribution in [0.15, 0.2) is 40.3 Å². The van der Waals surface area contributed by atoms with Gasteiger partial charge < -0.3 is 21.9 Å². The highest BCUT2D eigenvalue weighted by atomic mass is 16.5. The number of unbranched alkanes of at least 4 members (excludes halogenated alkanes) is 1. The van der Waals surface area contributed by atoms with Gasteiger partial charge in [0.15, 0.2) is 5.96 Å². The third-order valence-corrected chi connectivity index (χ3v) is 2.08. The summed E-state index contributed by atoms with van der Waals surface area (Å²) in [5.74, 6) is 0.906. The van der Waals surface area contributed by atoms with E-state index in [0.717, 1.165) is 18.6 Å². The summed E-state index contributed by atoms with van der Waals surface area (Å²) in [6, 6.07) is 9.68. The predicted octanol–water partition coefficient (Wildman–Crippen LogP) is 0.434. The van der Waals surface area contributed by atoms with Crippen LogP contribution in [0, 0.1) is 0 Å². The summed E-state index contributed by atoms with van der Waals surface area (Å²) in [5.41, 5.74) is 15.8. The number of para-hydroxylation sites is 1. The van der Waals surface area contributed by atoms with Crippen LogP contribution >= 0.6 is 0 Å². The van der Waals surface area contributed by atoms with E-state index < -0.39 is 0 Å². The first kappa shape index (κ1) is 13.8. The van der Waals surface area contributed by atoms with Gasteiger partial charge in [0, 0.05) is 6.54 Å². The van der Waals surface area contributed by atoms with E-state index in [1.54, 1.807) is 0 Å². The zero-order valence-corrected chi connectivity index (χ0v) is 10.2. The Hall–Kier alpha value is -2.24. The molecule has 0 heterocycles. The molecule has 98 valence electrons. The van der Waals surface area contributed by atoms with Crippen molar-refractivity contribution in [3.05, 3.63) is 30.3 Å². The van der Waals surface area contributed by atoms with E-state index in [2.05, 4.69) is 9.98 Å². The predicted molar refractivity (Wildman–Crippen MR) is 73.5 cm³/mol. The van der Waals surface area contributed by atoms with Crippen molar-refractivity contribution in [2.75, 3.05) is 13.2 Å². The average Bonchev–Trinajstić information content (AvgIpc) is 2.34. The second kappa shape index (κ2) is 7.94. The Morgan fingerprint density at radius 3 is 2.44 bits per heavy atom. The normalized spacial score (nSPS) is 11.0. The summed E-state index contributed by atoms with van der Waals surface area (Å²) < 4.78 is 5.53. The summed E-state index contributed by atoms with van der Waals surface area (Å²) in [6.45, 7) is 1.24. The second-order valence-corrected chi connectivity index (χ2v) is 3.65. The van der Waals surface area contributed by atoms with E-state index in [1.807, 2.05) is 30.3 Å². The first-order valence-corrected chi connectivity index (χ1v) is 5.76. The molecule has 0 radical (unpaired) electrons. The second-order valence-electron chi connectivity index (χ2n) is 3.65. The van der Waals surface area contributed by atoms with Gasteiger partial charge in [-0.05, 0) is 25.0 Å². The summed E-state index contributed by atoms with van der Waals surface area (Å²) in [7, 11) is 0. The van der Waals surface area contributed by atoms with Crippen LogP contribution in [0.4, 0.5) is 0 Å². The molecule has 0 aliphatic rings. The van der Waals surface area contributed by atoms with Crippen LogP contribution in [-0.2, 0) is 0 Å². The van der Waals surface area contributed by atoms with E-state index in [9.17, 15) is 0 Å². The van der Waals surface area contributed by atoms with Crippen molar-refractivity contribution in [3.63, 3.8) is 0 Å². The number of ether oxygens (including phenoxy) is 1. The van der Waals surface area contributed by atoms with Gasteiger partial charge in [0.25, 0.3) is 0 Å². The van der Waals surface area contributed by atoms with Crippen molar-refractivity contribution < 1.29 is 4.74 Å². The minimum atomic E-state index is -0.0799. The fourth-order valence-electron chi connectivity index (χ4n) is 1.28. The van der Waals surface area contributed by atoms with Gasteiger partial charge >= 0.3 is 0 Å². The number of rotatable bonds is 6. The Morgan fingerprint density at radius 2 is 1.78 bits per heavy atom. The van der Waals surface area contributed by atoms with Gasteiger partial charge in [-0.3, -0.25) is 4.99 Å².